The number of carbonyl (C=O) groups excluding carboxylic acids is 1. The van der Waals surface area contributed by atoms with Crippen molar-refractivity contribution in [3.63, 3.8) is 0 Å². The molecule has 0 aliphatic rings. The normalized spacial score (nSPS) is 11.1. The quantitative estimate of drug-likeness (QED) is 0.661. The van der Waals surface area contributed by atoms with E-state index in [1.54, 1.807) is 38.3 Å². The fourth-order valence-electron chi connectivity index (χ4n) is 3.07. The number of phenolic OH excluding ortho intramolecular Hbond substituents is 1. The van der Waals surface area contributed by atoms with Gasteiger partial charge in [0.15, 0.2) is 0 Å². The summed E-state index contributed by atoms with van der Waals surface area (Å²) in [6.45, 7) is 2.46. The number of fused-ring (bicyclic) bond motifs is 1. The van der Waals surface area contributed by atoms with Crippen molar-refractivity contribution in [1.82, 2.24) is 4.90 Å². The molecule has 27 heavy (non-hydrogen) atoms. The lowest BCUT2D eigenvalue weighted by molar-refractivity contribution is 0.0528. The molecule has 0 fully saturated rings. The van der Waals surface area contributed by atoms with Crippen LogP contribution in [0.1, 0.15) is 22.8 Å². The number of phenols is 1. The molecule has 0 saturated carbocycles. The van der Waals surface area contributed by atoms with Gasteiger partial charge in [0.25, 0.3) is 0 Å². The maximum Gasteiger partial charge on any atom is 0.342 e. The fraction of sp³-hybridized carbons (Fsp3) is 0.286. The van der Waals surface area contributed by atoms with E-state index < -0.39 is 5.97 Å². The number of carbonyl (C=O) groups is 1. The van der Waals surface area contributed by atoms with E-state index in [9.17, 15) is 9.90 Å². The van der Waals surface area contributed by atoms with Gasteiger partial charge in [-0.05, 0) is 57.4 Å². The van der Waals surface area contributed by atoms with Crippen LogP contribution in [0.2, 0.25) is 0 Å². The van der Waals surface area contributed by atoms with Crippen molar-refractivity contribution in [1.29, 1.82) is 0 Å². The first-order valence-electron chi connectivity index (χ1n) is 8.69. The van der Waals surface area contributed by atoms with Crippen LogP contribution >= 0.6 is 0 Å². The van der Waals surface area contributed by atoms with E-state index in [4.69, 9.17) is 13.9 Å². The summed E-state index contributed by atoms with van der Waals surface area (Å²) in [5.74, 6) is 0.756. The number of benzene rings is 2. The number of aromatic hydroxyl groups is 1. The lowest BCUT2D eigenvalue weighted by atomic mass is 10.0. The zero-order chi connectivity index (χ0) is 19.6. The predicted octanol–water partition coefficient (Wildman–Crippen LogP) is 4.05. The molecule has 1 heterocycles. The summed E-state index contributed by atoms with van der Waals surface area (Å²) in [5, 5.41) is 11.0. The third-order valence-electron chi connectivity index (χ3n) is 4.25. The molecule has 1 N–H and O–H groups in total. The molecule has 6 nitrogen and oxygen atoms in total. The minimum absolute atomic E-state index is 0.115. The molecule has 0 aliphatic carbocycles. The Morgan fingerprint density at radius 1 is 1.15 bits per heavy atom. The van der Waals surface area contributed by atoms with Crippen molar-refractivity contribution in [3.05, 3.63) is 47.5 Å². The van der Waals surface area contributed by atoms with Crippen LogP contribution in [-0.4, -0.2) is 43.8 Å². The van der Waals surface area contributed by atoms with E-state index in [-0.39, 0.29) is 12.4 Å². The molecule has 0 atom stereocenters. The molecule has 0 radical (unpaired) electrons. The molecule has 142 valence electrons. The predicted molar refractivity (Wildman–Crippen MR) is 103 cm³/mol. The van der Waals surface area contributed by atoms with Crippen LogP contribution < -0.4 is 4.74 Å². The molecule has 0 spiro atoms. The Morgan fingerprint density at radius 2 is 1.85 bits per heavy atom. The van der Waals surface area contributed by atoms with Crippen LogP contribution in [0.3, 0.4) is 0 Å². The first-order valence-corrected chi connectivity index (χ1v) is 8.69. The monoisotopic (exact) mass is 369 g/mol. The number of nitrogens with zero attached hydrogens (tertiary/aromatic N) is 1. The van der Waals surface area contributed by atoms with Crippen molar-refractivity contribution in [2.45, 2.75) is 13.5 Å². The topological polar surface area (TPSA) is 72.1 Å². The number of ether oxygens (including phenoxy) is 2. The molecule has 0 bridgehead atoms. The maximum absolute atomic E-state index is 12.8. The number of methoxy groups -OCH3 is 1. The summed E-state index contributed by atoms with van der Waals surface area (Å²) >= 11 is 0. The molecule has 0 amide bonds. The van der Waals surface area contributed by atoms with Gasteiger partial charge < -0.3 is 23.9 Å². The first-order chi connectivity index (χ1) is 13.0. The van der Waals surface area contributed by atoms with Crippen molar-refractivity contribution in [2.24, 2.45) is 0 Å². The Kier molecular flexibility index (Phi) is 5.37. The number of furan rings is 1. The number of esters is 1. The van der Waals surface area contributed by atoms with Crippen LogP contribution in [0.15, 0.2) is 40.8 Å². The Morgan fingerprint density at radius 3 is 2.44 bits per heavy atom. The van der Waals surface area contributed by atoms with Gasteiger partial charge in [0.05, 0.1) is 13.7 Å². The van der Waals surface area contributed by atoms with Crippen LogP contribution in [-0.2, 0) is 11.3 Å². The summed E-state index contributed by atoms with van der Waals surface area (Å²) in [6, 6.07) is 10.5. The van der Waals surface area contributed by atoms with E-state index >= 15 is 0 Å². The third-order valence-corrected chi connectivity index (χ3v) is 4.25. The average Bonchev–Trinajstić information content (AvgIpc) is 3.04. The first kappa shape index (κ1) is 18.8. The number of hydrogen-bond acceptors (Lipinski definition) is 6. The fourth-order valence-corrected chi connectivity index (χ4v) is 3.07. The van der Waals surface area contributed by atoms with Gasteiger partial charge in [-0.1, -0.05) is 0 Å². The maximum atomic E-state index is 12.8. The van der Waals surface area contributed by atoms with Gasteiger partial charge in [0.2, 0.25) is 0 Å². The van der Waals surface area contributed by atoms with Gasteiger partial charge in [-0.3, -0.25) is 0 Å². The van der Waals surface area contributed by atoms with Gasteiger partial charge in [-0.2, -0.15) is 0 Å². The van der Waals surface area contributed by atoms with E-state index in [2.05, 4.69) is 0 Å². The molecule has 1 aromatic heterocycles. The summed E-state index contributed by atoms with van der Waals surface area (Å²) in [6.07, 6.45) is 0. The zero-order valence-electron chi connectivity index (χ0n) is 15.9. The standard InChI is InChI=1S/C21H23NO5/c1-5-26-21(24)19-18-15(12-22(2)3)16(23)10-11-17(18)27-20(19)13-6-8-14(25-4)9-7-13/h6-11,23H,5,12H2,1-4H3. The van der Waals surface area contributed by atoms with Crippen LogP contribution in [0.5, 0.6) is 11.5 Å². The Labute approximate surface area is 157 Å². The van der Waals surface area contributed by atoms with Gasteiger partial charge in [-0.15, -0.1) is 0 Å². The Hall–Kier alpha value is -2.99. The summed E-state index contributed by atoms with van der Waals surface area (Å²) in [4.78, 5) is 14.7. The summed E-state index contributed by atoms with van der Waals surface area (Å²) < 4.78 is 16.5. The second-order valence-electron chi connectivity index (χ2n) is 6.43. The molecular formula is C21H23NO5. The molecular weight excluding hydrogens is 346 g/mol. The zero-order valence-corrected chi connectivity index (χ0v) is 15.9. The second kappa shape index (κ2) is 7.72. The SMILES string of the molecule is CCOC(=O)c1c(-c2ccc(OC)cc2)oc2ccc(O)c(CN(C)C)c12. The Bertz CT molecular complexity index is 957. The lowest BCUT2D eigenvalue weighted by Gasteiger charge is -2.13. The minimum atomic E-state index is -0.479. The largest absolute Gasteiger partial charge is 0.508 e. The van der Waals surface area contributed by atoms with Crippen molar-refractivity contribution < 1.29 is 23.8 Å². The lowest BCUT2D eigenvalue weighted by Crippen LogP contribution is -2.12. The summed E-state index contributed by atoms with van der Waals surface area (Å²) in [7, 11) is 5.39. The van der Waals surface area contributed by atoms with Crippen molar-refractivity contribution in [2.75, 3.05) is 27.8 Å². The molecule has 2 aromatic carbocycles. The highest BCUT2D eigenvalue weighted by atomic mass is 16.5. The van der Waals surface area contributed by atoms with Gasteiger partial charge in [0, 0.05) is 23.1 Å². The third kappa shape index (κ3) is 3.61. The van der Waals surface area contributed by atoms with E-state index in [1.807, 2.05) is 31.1 Å². The van der Waals surface area contributed by atoms with E-state index in [0.717, 1.165) is 5.56 Å². The van der Waals surface area contributed by atoms with Gasteiger partial charge >= 0.3 is 5.97 Å². The number of hydrogen-bond donors (Lipinski definition) is 1. The highest BCUT2D eigenvalue weighted by molar-refractivity contribution is 6.10. The minimum Gasteiger partial charge on any atom is -0.508 e. The van der Waals surface area contributed by atoms with Crippen molar-refractivity contribution in [3.8, 4) is 22.8 Å². The van der Waals surface area contributed by atoms with Crippen molar-refractivity contribution >= 4 is 16.9 Å². The van der Waals surface area contributed by atoms with E-state index in [1.165, 1.54) is 0 Å². The van der Waals surface area contributed by atoms with E-state index in [0.29, 0.717) is 40.2 Å². The molecule has 6 heteroatoms. The Balaban J connectivity index is 2.29. The van der Waals surface area contributed by atoms with Gasteiger partial charge in [-0.25, -0.2) is 4.79 Å². The average molecular weight is 369 g/mol. The van der Waals surface area contributed by atoms with Crippen LogP contribution in [0.4, 0.5) is 0 Å². The molecule has 0 saturated heterocycles. The molecule has 3 rings (SSSR count). The van der Waals surface area contributed by atoms with Gasteiger partial charge in [0.1, 0.15) is 28.4 Å². The summed E-state index contributed by atoms with van der Waals surface area (Å²) in [5.41, 5.74) is 2.21. The number of rotatable bonds is 6. The molecule has 0 unspecified atom stereocenters. The molecule has 0 aliphatic heterocycles. The highest BCUT2D eigenvalue weighted by Crippen LogP contribution is 2.39. The smallest absolute Gasteiger partial charge is 0.342 e. The van der Waals surface area contributed by atoms with Crippen LogP contribution in [0, 0.1) is 0 Å². The highest BCUT2D eigenvalue weighted by Gasteiger charge is 2.26. The molecule has 3 aromatic rings. The second-order valence-corrected chi connectivity index (χ2v) is 6.43. The van der Waals surface area contributed by atoms with Crippen LogP contribution in [0.25, 0.3) is 22.3 Å².